The fourth-order valence-electron chi connectivity index (χ4n) is 2.26. The third-order valence-corrected chi connectivity index (χ3v) is 3.52. The first-order valence-electron chi connectivity index (χ1n) is 7.34. The Morgan fingerprint density at radius 3 is 2.67 bits per heavy atom. The quantitative estimate of drug-likeness (QED) is 0.568. The van der Waals surface area contributed by atoms with Crippen LogP contribution in [-0.4, -0.2) is 23.1 Å². The lowest BCUT2D eigenvalue weighted by Crippen LogP contribution is -1.99. The lowest BCUT2D eigenvalue weighted by Gasteiger charge is -2.02. The van der Waals surface area contributed by atoms with Gasteiger partial charge in [0.2, 0.25) is 0 Å². The number of benzene rings is 2. The molecule has 120 valence electrons. The molecular formula is C19H15FN2O2. The zero-order valence-electron chi connectivity index (χ0n) is 13.0. The number of aromatic amines is 1. The number of halogens is 1. The third-order valence-electron chi connectivity index (χ3n) is 3.52. The first-order chi connectivity index (χ1) is 11.7. The summed E-state index contributed by atoms with van der Waals surface area (Å²) in [6.45, 7) is 0. The summed E-state index contributed by atoms with van der Waals surface area (Å²) < 4.78 is 18.8. The first-order valence-corrected chi connectivity index (χ1v) is 7.34. The van der Waals surface area contributed by atoms with E-state index in [0.29, 0.717) is 11.4 Å². The number of hydrogen-bond acceptors (Lipinski definition) is 3. The van der Waals surface area contributed by atoms with Crippen molar-refractivity contribution in [3.63, 3.8) is 0 Å². The van der Waals surface area contributed by atoms with Crippen molar-refractivity contribution >= 4 is 11.9 Å². The fourth-order valence-corrected chi connectivity index (χ4v) is 2.26. The number of methoxy groups -OCH3 is 1. The highest BCUT2D eigenvalue weighted by molar-refractivity contribution is 6.07. The van der Waals surface area contributed by atoms with Gasteiger partial charge >= 0.3 is 0 Å². The largest absolute Gasteiger partial charge is 0.497 e. The smallest absolute Gasteiger partial charge is 0.188 e. The fraction of sp³-hybridized carbons (Fsp3) is 0.0526. The second-order valence-corrected chi connectivity index (χ2v) is 5.12. The Bertz CT molecular complexity index is 885. The highest BCUT2D eigenvalue weighted by atomic mass is 19.1. The lowest BCUT2D eigenvalue weighted by molar-refractivity contribution is 0.104. The summed E-state index contributed by atoms with van der Waals surface area (Å²) in [7, 11) is 1.44. The minimum absolute atomic E-state index is 0.00477. The molecular weight excluding hydrogens is 307 g/mol. The molecule has 5 heteroatoms. The molecule has 0 aliphatic rings. The van der Waals surface area contributed by atoms with Crippen LogP contribution in [0.15, 0.2) is 60.7 Å². The van der Waals surface area contributed by atoms with Crippen molar-refractivity contribution in [2.75, 3.05) is 7.11 Å². The number of rotatable bonds is 5. The maximum Gasteiger partial charge on any atom is 0.188 e. The Balaban J connectivity index is 1.76. The van der Waals surface area contributed by atoms with Crippen molar-refractivity contribution in [3.05, 3.63) is 77.7 Å². The molecule has 0 atom stereocenters. The van der Waals surface area contributed by atoms with Crippen molar-refractivity contribution in [2.45, 2.75) is 0 Å². The molecule has 0 fully saturated rings. The van der Waals surface area contributed by atoms with Gasteiger partial charge in [-0.1, -0.05) is 30.3 Å². The van der Waals surface area contributed by atoms with Gasteiger partial charge in [0, 0.05) is 11.6 Å². The summed E-state index contributed by atoms with van der Waals surface area (Å²) in [6.07, 6.45) is 2.89. The normalized spacial score (nSPS) is 10.9. The zero-order chi connectivity index (χ0) is 16.9. The van der Waals surface area contributed by atoms with Gasteiger partial charge < -0.3 is 4.74 Å². The number of nitrogens with one attached hydrogen (secondary N) is 1. The van der Waals surface area contributed by atoms with Gasteiger partial charge in [0.05, 0.1) is 24.1 Å². The molecule has 1 aromatic heterocycles. The van der Waals surface area contributed by atoms with Gasteiger partial charge in [-0.05, 0) is 30.4 Å². The number of carbonyl (C=O) groups excluding carboxylic acids is 1. The van der Waals surface area contributed by atoms with E-state index in [1.807, 2.05) is 36.4 Å². The maximum atomic E-state index is 13.9. The van der Waals surface area contributed by atoms with E-state index < -0.39 is 11.6 Å². The minimum Gasteiger partial charge on any atom is -0.497 e. The summed E-state index contributed by atoms with van der Waals surface area (Å²) >= 11 is 0. The number of carbonyl (C=O) groups is 1. The maximum absolute atomic E-state index is 13.9. The van der Waals surface area contributed by atoms with Crippen LogP contribution in [0, 0.1) is 5.82 Å². The molecule has 24 heavy (non-hydrogen) atoms. The van der Waals surface area contributed by atoms with Gasteiger partial charge in [0.15, 0.2) is 5.78 Å². The molecule has 2 aromatic carbocycles. The lowest BCUT2D eigenvalue weighted by atomic mass is 10.1. The Labute approximate surface area is 138 Å². The predicted molar refractivity (Wildman–Crippen MR) is 90.3 cm³/mol. The highest BCUT2D eigenvalue weighted by Gasteiger charge is 2.10. The number of hydrogen-bond donors (Lipinski definition) is 1. The van der Waals surface area contributed by atoms with Gasteiger partial charge in [-0.3, -0.25) is 9.89 Å². The summed E-state index contributed by atoms with van der Waals surface area (Å²) in [5, 5.41) is 7.04. The monoisotopic (exact) mass is 322 g/mol. The molecule has 1 N–H and O–H groups in total. The number of allylic oxidation sites excluding steroid dienone is 1. The van der Waals surface area contributed by atoms with Gasteiger partial charge in [0.25, 0.3) is 0 Å². The van der Waals surface area contributed by atoms with Crippen molar-refractivity contribution in [1.82, 2.24) is 10.2 Å². The molecule has 0 aliphatic heterocycles. The van der Waals surface area contributed by atoms with Crippen LogP contribution in [0.1, 0.15) is 16.1 Å². The Hall–Kier alpha value is -3.21. The van der Waals surface area contributed by atoms with Crippen LogP contribution in [0.4, 0.5) is 4.39 Å². The number of aromatic nitrogens is 2. The molecule has 4 nitrogen and oxygen atoms in total. The molecule has 3 aromatic rings. The van der Waals surface area contributed by atoms with Crippen LogP contribution >= 0.6 is 0 Å². The van der Waals surface area contributed by atoms with Crippen molar-refractivity contribution in [2.24, 2.45) is 0 Å². The predicted octanol–water partition coefficient (Wildman–Crippen LogP) is 4.12. The molecule has 1 heterocycles. The second-order valence-electron chi connectivity index (χ2n) is 5.12. The highest BCUT2D eigenvalue weighted by Crippen LogP contribution is 2.19. The van der Waals surface area contributed by atoms with E-state index in [4.69, 9.17) is 4.74 Å². The van der Waals surface area contributed by atoms with Gasteiger partial charge in [-0.2, -0.15) is 5.10 Å². The van der Waals surface area contributed by atoms with Crippen LogP contribution < -0.4 is 4.74 Å². The van der Waals surface area contributed by atoms with E-state index >= 15 is 0 Å². The SMILES string of the molecule is COc1ccc(C(=O)/C=C/c2cc(-c3ccccc3)n[nH]2)c(F)c1. The number of ether oxygens (including phenoxy) is 1. The van der Waals surface area contributed by atoms with E-state index in [-0.39, 0.29) is 5.56 Å². The van der Waals surface area contributed by atoms with E-state index in [0.717, 1.165) is 11.3 Å². The Kier molecular flexibility index (Phi) is 4.52. The van der Waals surface area contributed by atoms with Crippen molar-refractivity contribution in [1.29, 1.82) is 0 Å². The molecule has 0 saturated heterocycles. The molecule has 0 spiro atoms. The van der Waals surface area contributed by atoms with Crippen LogP contribution in [-0.2, 0) is 0 Å². The molecule has 0 amide bonds. The number of H-pyrrole nitrogens is 1. The van der Waals surface area contributed by atoms with E-state index in [1.54, 1.807) is 12.1 Å². The average Bonchev–Trinajstić information content (AvgIpc) is 3.09. The topological polar surface area (TPSA) is 55.0 Å². The van der Waals surface area contributed by atoms with Crippen LogP contribution in [0.25, 0.3) is 17.3 Å². The third kappa shape index (κ3) is 3.41. The van der Waals surface area contributed by atoms with Gasteiger partial charge in [-0.25, -0.2) is 4.39 Å². The summed E-state index contributed by atoms with van der Waals surface area (Å²) in [5.41, 5.74) is 2.41. The summed E-state index contributed by atoms with van der Waals surface area (Å²) in [5.74, 6) is -0.668. The molecule has 0 bridgehead atoms. The standard InChI is InChI=1S/C19H15FN2O2/c1-24-15-8-9-16(17(20)12-15)19(23)10-7-14-11-18(22-21-14)13-5-3-2-4-6-13/h2-12H,1H3,(H,21,22)/b10-7+. The average molecular weight is 322 g/mol. The number of nitrogens with zero attached hydrogens (tertiary/aromatic N) is 1. The summed E-state index contributed by atoms with van der Waals surface area (Å²) in [4.78, 5) is 12.1. The number of ketones is 1. The summed E-state index contributed by atoms with van der Waals surface area (Å²) in [6, 6.07) is 15.6. The molecule has 0 radical (unpaired) electrons. The van der Waals surface area contributed by atoms with E-state index in [9.17, 15) is 9.18 Å². The van der Waals surface area contributed by atoms with Crippen LogP contribution in [0.2, 0.25) is 0 Å². The van der Waals surface area contributed by atoms with Crippen LogP contribution in [0.3, 0.4) is 0 Å². The molecule has 3 rings (SSSR count). The van der Waals surface area contributed by atoms with Crippen LogP contribution in [0.5, 0.6) is 5.75 Å². The second kappa shape index (κ2) is 6.91. The Morgan fingerprint density at radius 2 is 1.96 bits per heavy atom. The minimum atomic E-state index is -0.612. The van der Waals surface area contributed by atoms with E-state index in [2.05, 4.69) is 10.2 Å². The molecule has 0 aliphatic carbocycles. The van der Waals surface area contributed by atoms with Crippen molar-refractivity contribution < 1.29 is 13.9 Å². The first kappa shape index (κ1) is 15.7. The van der Waals surface area contributed by atoms with Gasteiger partial charge in [-0.15, -0.1) is 0 Å². The Morgan fingerprint density at radius 1 is 1.17 bits per heavy atom. The molecule has 0 unspecified atom stereocenters. The van der Waals surface area contributed by atoms with Crippen molar-refractivity contribution in [3.8, 4) is 17.0 Å². The van der Waals surface area contributed by atoms with Gasteiger partial charge in [0.1, 0.15) is 11.6 Å². The zero-order valence-corrected chi connectivity index (χ0v) is 13.0. The van der Waals surface area contributed by atoms with E-state index in [1.165, 1.54) is 25.3 Å². The molecule has 0 saturated carbocycles.